The lowest BCUT2D eigenvalue weighted by atomic mass is 10.1. The first-order valence-electron chi connectivity index (χ1n) is 9.00. The quantitative estimate of drug-likeness (QED) is 0.761. The number of alkyl carbamates (subject to hydrolysis) is 1. The maximum Gasteiger partial charge on any atom is 0.417 e. The lowest BCUT2D eigenvalue weighted by Gasteiger charge is -2.40. The van der Waals surface area contributed by atoms with Crippen LogP contribution in [-0.2, 0) is 10.9 Å². The number of nitrogens with zero attached hydrogens (tertiary/aromatic N) is 2. The van der Waals surface area contributed by atoms with Crippen LogP contribution in [0.3, 0.4) is 0 Å². The second-order valence-corrected chi connectivity index (χ2v) is 8.05. The number of alkyl halides is 3. The molecule has 0 bridgehead atoms. The standard InChI is InChI=1S/C18H21F3N4O3S/c1-9(2)7-28-17(27)23-10-5-25(6-10)13-4-12(18(19,20)21)15-14(24-13)11(8-29-15)16(26)22-3/h4,8-10H,5-7H2,1-3H3,(H,22,26)(H,23,27). The fourth-order valence-electron chi connectivity index (χ4n) is 2.87. The van der Waals surface area contributed by atoms with Crippen LogP contribution in [0.25, 0.3) is 10.2 Å². The molecule has 0 atom stereocenters. The minimum atomic E-state index is -4.58. The Morgan fingerprint density at radius 2 is 2.07 bits per heavy atom. The summed E-state index contributed by atoms with van der Waals surface area (Å²) in [5.74, 6) is -0.178. The Balaban J connectivity index is 1.80. The van der Waals surface area contributed by atoms with Gasteiger partial charge in [-0.15, -0.1) is 11.3 Å². The van der Waals surface area contributed by atoms with Crippen molar-refractivity contribution in [2.45, 2.75) is 26.1 Å². The number of carbonyl (C=O) groups is 2. The van der Waals surface area contributed by atoms with Gasteiger partial charge in [0.1, 0.15) is 5.82 Å². The molecule has 0 spiro atoms. The van der Waals surface area contributed by atoms with Crippen LogP contribution in [0, 0.1) is 5.92 Å². The van der Waals surface area contributed by atoms with E-state index >= 15 is 0 Å². The number of fused-ring (bicyclic) bond motifs is 1. The van der Waals surface area contributed by atoms with Crippen LogP contribution in [0.2, 0.25) is 0 Å². The normalized spacial score (nSPS) is 14.8. The van der Waals surface area contributed by atoms with Gasteiger partial charge in [0.2, 0.25) is 0 Å². The molecule has 0 radical (unpaired) electrons. The molecular formula is C18H21F3N4O3S. The Kier molecular flexibility index (Phi) is 5.87. The summed E-state index contributed by atoms with van der Waals surface area (Å²) in [5.41, 5.74) is -0.704. The molecule has 2 amide bonds. The molecule has 2 N–H and O–H groups in total. The van der Waals surface area contributed by atoms with E-state index in [9.17, 15) is 22.8 Å². The molecule has 158 valence electrons. The number of hydrogen-bond donors (Lipinski definition) is 2. The van der Waals surface area contributed by atoms with Crippen LogP contribution in [0.5, 0.6) is 0 Å². The van der Waals surface area contributed by atoms with Gasteiger partial charge >= 0.3 is 12.3 Å². The Hall–Kier alpha value is -2.56. The van der Waals surface area contributed by atoms with Crippen molar-refractivity contribution in [3.63, 3.8) is 0 Å². The number of pyridine rings is 1. The molecule has 3 heterocycles. The highest BCUT2D eigenvalue weighted by Gasteiger charge is 2.37. The van der Waals surface area contributed by atoms with Crippen molar-refractivity contribution in [1.29, 1.82) is 0 Å². The number of carbonyl (C=O) groups excluding carboxylic acids is 2. The summed E-state index contributed by atoms with van der Waals surface area (Å²) in [5, 5.41) is 6.46. The summed E-state index contributed by atoms with van der Waals surface area (Å²) in [6.07, 6.45) is -5.13. The largest absolute Gasteiger partial charge is 0.449 e. The molecule has 29 heavy (non-hydrogen) atoms. The van der Waals surface area contributed by atoms with Crippen molar-refractivity contribution in [3.8, 4) is 0 Å². The van der Waals surface area contributed by atoms with E-state index in [1.54, 1.807) is 4.90 Å². The highest BCUT2D eigenvalue weighted by molar-refractivity contribution is 7.17. The molecule has 3 rings (SSSR count). The summed E-state index contributed by atoms with van der Waals surface area (Å²) < 4.78 is 45.6. The van der Waals surface area contributed by atoms with E-state index in [0.717, 1.165) is 17.4 Å². The Morgan fingerprint density at radius 1 is 1.38 bits per heavy atom. The molecule has 1 saturated heterocycles. The zero-order valence-electron chi connectivity index (χ0n) is 16.1. The zero-order valence-corrected chi connectivity index (χ0v) is 16.9. The van der Waals surface area contributed by atoms with Crippen molar-refractivity contribution in [2.24, 2.45) is 5.92 Å². The molecule has 0 unspecified atom stereocenters. The SMILES string of the molecule is CNC(=O)c1csc2c(C(F)(F)F)cc(N3CC(NC(=O)OCC(C)C)C3)nc12. The van der Waals surface area contributed by atoms with E-state index in [4.69, 9.17) is 4.74 Å². The monoisotopic (exact) mass is 430 g/mol. The average Bonchev–Trinajstić information content (AvgIpc) is 3.04. The number of rotatable bonds is 5. The number of ether oxygens (including phenoxy) is 1. The molecule has 0 saturated carbocycles. The second-order valence-electron chi connectivity index (χ2n) is 7.17. The summed E-state index contributed by atoms with van der Waals surface area (Å²) in [7, 11) is 1.41. The van der Waals surface area contributed by atoms with E-state index < -0.39 is 23.7 Å². The number of amides is 2. The Bertz CT molecular complexity index is 923. The summed E-state index contributed by atoms with van der Waals surface area (Å²) >= 11 is 0.838. The van der Waals surface area contributed by atoms with Crippen LogP contribution in [0.1, 0.15) is 29.8 Å². The molecule has 2 aromatic heterocycles. The van der Waals surface area contributed by atoms with E-state index in [0.29, 0.717) is 13.1 Å². The topological polar surface area (TPSA) is 83.6 Å². The van der Waals surface area contributed by atoms with Gasteiger partial charge in [-0.05, 0) is 12.0 Å². The number of aromatic nitrogens is 1. The van der Waals surface area contributed by atoms with E-state index in [2.05, 4.69) is 15.6 Å². The first-order valence-corrected chi connectivity index (χ1v) is 9.87. The van der Waals surface area contributed by atoms with Crippen molar-refractivity contribution >= 4 is 39.4 Å². The number of anilines is 1. The molecule has 11 heteroatoms. The smallest absolute Gasteiger partial charge is 0.417 e. The minimum Gasteiger partial charge on any atom is -0.449 e. The number of thiophene rings is 1. The molecule has 1 aliphatic rings. The van der Waals surface area contributed by atoms with Crippen LogP contribution >= 0.6 is 11.3 Å². The average molecular weight is 430 g/mol. The van der Waals surface area contributed by atoms with Gasteiger partial charge in [0, 0.05) is 25.5 Å². The third kappa shape index (κ3) is 4.55. The third-order valence-corrected chi connectivity index (χ3v) is 5.36. The van der Waals surface area contributed by atoms with Gasteiger partial charge in [0.15, 0.2) is 0 Å². The number of halogens is 3. The molecule has 0 aromatic carbocycles. The van der Waals surface area contributed by atoms with Gasteiger partial charge in [0.05, 0.1) is 34.0 Å². The van der Waals surface area contributed by atoms with Gasteiger partial charge < -0.3 is 20.3 Å². The van der Waals surface area contributed by atoms with E-state index in [-0.39, 0.29) is 40.2 Å². The van der Waals surface area contributed by atoms with Crippen LogP contribution < -0.4 is 15.5 Å². The first kappa shape index (κ1) is 21.2. The fourth-order valence-corrected chi connectivity index (χ4v) is 3.89. The minimum absolute atomic E-state index is 0.0203. The van der Waals surface area contributed by atoms with Gasteiger partial charge in [-0.1, -0.05) is 13.8 Å². The number of hydrogen-bond acceptors (Lipinski definition) is 6. The van der Waals surface area contributed by atoms with Crippen molar-refractivity contribution in [3.05, 3.63) is 22.6 Å². The highest BCUT2D eigenvalue weighted by Crippen LogP contribution is 2.40. The van der Waals surface area contributed by atoms with Crippen LogP contribution in [-0.4, -0.2) is 49.8 Å². The van der Waals surface area contributed by atoms with Crippen molar-refractivity contribution < 1.29 is 27.5 Å². The molecular weight excluding hydrogens is 409 g/mol. The number of nitrogens with one attached hydrogen (secondary N) is 2. The van der Waals surface area contributed by atoms with E-state index in [1.807, 2.05) is 13.8 Å². The summed E-state index contributed by atoms with van der Waals surface area (Å²) in [6, 6.07) is 0.738. The van der Waals surface area contributed by atoms with Gasteiger partial charge in [-0.25, -0.2) is 9.78 Å². The molecule has 2 aromatic rings. The predicted octanol–water partition coefficient (Wildman–Crippen LogP) is 3.25. The van der Waals surface area contributed by atoms with Crippen molar-refractivity contribution in [1.82, 2.24) is 15.6 Å². The molecule has 1 aliphatic heterocycles. The lowest BCUT2D eigenvalue weighted by Crippen LogP contribution is -2.59. The first-order chi connectivity index (χ1) is 13.6. The van der Waals surface area contributed by atoms with Gasteiger partial charge in [0.25, 0.3) is 5.91 Å². The van der Waals surface area contributed by atoms with Gasteiger partial charge in [-0.3, -0.25) is 4.79 Å². The zero-order chi connectivity index (χ0) is 21.3. The van der Waals surface area contributed by atoms with Crippen LogP contribution in [0.15, 0.2) is 11.4 Å². The molecule has 0 aliphatic carbocycles. The summed E-state index contributed by atoms with van der Waals surface area (Å²) in [4.78, 5) is 29.6. The summed E-state index contributed by atoms with van der Waals surface area (Å²) in [6.45, 7) is 4.71. The predicted molar refractivity (Wildman–Crippen MR) is 103 cm³/mol. The van der Waals surface area contributed by atoms with Crippen LogP contribution in [0.4, 0.5) is 23.8 Å². The third-order valence-electron chi connectivity index (χ3n) is 4.36. The lowest BCUT2D eigenvalue weighted by molar-refractivity contribution is -0.136. The fraction of sp³-hybridized carbons (Fsp3) is 0.500. The van der Waals surface area contributed by atoms with E-state index in [1.165, 1.54) is 12.4 Å². The maximum atomic E-state index is 13.6. The highest BCUT2D eigenvalue weighted by atomic mass is 32.1. The second kappa shape index (κ2) is 8.05. The van der Waals surface area contributed by atoms with Gasteiger partial charge in [-0.2, -0.15) is 13.2 Å². The Labute approximate surface area is 169 Å². The maximum absolute atomic E-state index is 13.6. The molecule has 7 nitrogen and oxygen atoms in total. The molecule has 1 fully saturated rings. The van der Waals surface area contributed by atoms with Crippen molar-refractivity contribution in [2.75, 3.05) is 31.6 Å². The Morgan fingerprint density at radius 3 is 2.66 bits per heavy atom.